The Morgan fingerprint density at radius 1 is 1.13 bits per heavy atom. The van der Waals surface area contributed by atoms with Crippen molar-refractivity contribution >= 4 is 10.8 Å². The number of ether oxygens (including phenoxy) is 2. The Labute approximate surface area is 181 Å². The summed E-state index contributed by atoms with van der Waals surface area (Å²) < 4.78 is 25.5. The Balaban J connectivity index is 1.84. The zero-order chi connectivity index (χ0) is 21.3. The fourth-order valence-corrected chi connectivity index (χ4v) is 4.66. The van der Waals surface area contributed by atoms with Crippen molar-refractivity contribution < 1.29 is 18.8 Å². The van der Waals surface area contributed by atoms with E-state index in [4.69, 9.17) is 9.47 Å². The Bertz CT molecular complexity index is 838. The van der Waals surface area contributed by atoms with Gasteiger partial charge in [-0.2, -0.15) is 0 Å². The lowest BCUT2D eigenvalue weighted by Gasteiger charge is -2.36. The minimum absolute atomic E-state index is 0.193. The fraction of sp³-hybridized carbons (Fsp3) is 0.417. The van der Waals surface area contributed by atoms with Crippen LogP contribution in [0.4, 0.5) is 0 Å². The maximum Gasteiger partial charge on any atom is 0.178 e. The van der Waals surface area contributed by atoms with E-state index in [1.54, 1.807) is 6.08 Å². The molecule has 1 aliphatic heterocycles. The Morgan fingerprint density at radius 3 is 2.53 bits per heavy atom. The summed E-state index contributed by atoms with van der Waals surface area (Å²) in [5.41, 5.74) is 2.15. The van der Waals surface area contributed by atoms with Crippen molar-refractivity contribution in [3.8, 4) is 0 Å². The van der Waals surface area contributed by atoms with Gasteiger partial charge in [-0.1, -0.05) is 61.4 Å². The Hall–Kier alpha value is -1.83. The molecule has 0 bridgehead atoms. The first-order chi connectivity index (χ1) is 14.6. The van der Waals surface area contributed by atoms with Gasteiger partial charge in [0.25, 0.3) is 0 Å². The van der Waals surface area contributed by atoms with Gasteiger partial charge in [-0.3, -0.25) is 0 Å². The predicted octanol–water partition coefficient (Wildman–Crippen LogP) is 3.68. The quantitative estimate of drug-likeness (QED) is 0.564. The van der Waals surface area contributed by atoms with E-state index in [0.717, 1.165) is 35.4 Å². The van der Waals surface area contributed by atoms with Gasteiger partial charge in [0, 0.05) is 9.80 Å². The molecule has 6 heteroatoms. The van der Waals surface area contributed by atoms with Crippen molar-refractivity contribution in [2.75, 3.05) is 13.2 Å². The van der Waals surface area contributed by atoms with E-state index >= 15 is 0 Å². The lowest BCUT2D eigenvalue weighted by Crippen LogP contribution is -2.50. The normalized spacial score (nSPS) is 22.5. The molecule has 3 rings (SSSR count). The zero-order valence-corrected chi connectivity index (χ0v) is 18.4. The molecule has 4 atom stereocenters. The average molecular weight is 430 g/mol. The molecule has 5 nitrogen and oxygen atoms in total. The van der Waals surface area contributed by atoms with Crippen molar-refractivity contribution in [3.05, 3.63) is 76.7 Å². The Morgan fingerprint density at radius 2 is 1.87 bits per heavy atom. The first-order valence-corrected chi connectivity index (χ1v) is 11.6. The summed E-state index contributed by atoms with van der Waals surface area (Å²) in [7, 11) is -1.38. The Kier molecular flexibility index (Phi) is 8.78. The standard InChI is InChI=1S/C24H31NO4S/c1-3-4-14-25-23-22(30(27)21-12-10-18(2)11-13-21)15-20(16-26)29-24(23)28-17-19-8-6-5-7-9-19/h5-13,15,20,23-26H,3-4,14,16-17H2,1-2H3/t20-,23-,24-,30?/m0/s1. The van der Waals surface area contributed by atoms with Crippen LogP contribution in [0.1, 0.15) is 30.9 Å². The van der Waals surface area contributed by atoms with Crippen molar-refractivity contribution in [1.29, 1.82) is 0 Å². The number of rotatable bonds is 10. The molecule has 0 aromatic heterocycles. The number of aliphatic hydroxyl groups excluding tert-OH is 1. The first kappa shape index (κ1) is 22.8. The molecule has 0 radical (unpaired) electrons. The van der Waals surface area contributed by atoms with Crippen LogP contribution in [0.25, 0.3) is 0 Å². The third-order valence-electron chi connectivity index (χ3n) is 5.02. The molecular formula is C24H31NO4S. The third kappa shape index (κ3) is 6.09. The number of hydrogen-bond acceptors (Lipinski definition) is 5. The van der Waals surface area contributed by atoms with Crippen LogP contribution in [0.3, 0.4) is 0 Å². The molecule has 1 heterocycles. The number of aryl methyl sites for hydroxylation is 1. The fourth-order valence-electron chi connectivity index (χ4n) is 3.30. The van der Waals surface area contributed by atoms with E-state index in [2.05, 4.69) is 12.2 Å². The molecule has 162 valence electrons. The highest BCUT2D eigenvalue weighted by molar-refractivity contribution is 7.89. The molecule has 30 heavy (non-hydrogen) atoms. The summed E-state index contributed by atoms with van der Waals surface area (Å²) in [6.45, 7) is 5.08. The van der Waals surface area contributed by atoms with Gasteiger partial charge in [0.05, 0.1) is 30.1 Å². The SMILES string of the molecule is CCCCN[C@H]1C(S(=O)c2ccc(C)cc2)=C[C@@H](CO)O[C@@H]1OCc1ccccc1. The van der Waals surface area contributed by atoms with Crippen LogP contribution in [0.5, 0.6) is 0 Å². The zero-order valence-electron chi connectivity index (χ0n) is 17.6. The molecule has 2 aromatic rings. The molecule has 0 aliphatic carbocycles. The first-order valence-electron chi connectivity index (χ1n) is 10.5. The lowest BCUT2D eigenvalue weighted by atomic mass is 10.1. The van der Waals surface area contributed by atoms with Crippen LogP contribution in [0, 0.1) is 6.92 Å². The number of aliphatic hydroxyl groups is 1. The van der Waals surface area contributed by atoms with E-state index in [0.29, 0.717) is 11.5 Å². The van der Waals surface area contributed by atoms with Crippen LogP contribution in [-0.2, 0) is 26.9 Å². The molecule has 2 N–H and O–H groups in total. The van der Waals surface area contributed by atoms with Crippen molar-refractivity contribution in [2.45, 2.75) is 56.6 Å². The highest BCUT2D eigenvalue weighted by Crippen LogP contribution is 2.28. The highest BCUT2D eigenvalue weighted by atomic mass is 32.2. The van der Waals surface area contributed by atoms with E-state index in [-0.39, 0.29) is 12.6 Å². The highest BCUT2D eigenvalue weighted by Gasteiger charge is 2.36. The molecule has 2 aromatic carbocycles. The number of benzene rings is 2. The summed E-state index contributed by atoms with van der Waals surface area (Å²) in [5.74, 6) is 0. The second-order valence-electron chi connectivity index (χ2n) is 7.46. The van der Waals surface area contributed by atoms with Crippen molar-refractivity contribution in [2.24, 2.45) is 0 Å². The third-order valence-corrected chi connectivity index (χ3v) is 6.54. The summed E-state index contributed by atoms with van der Waals surface area (Å²) in [4.78, 5) is 1.42. The van der Waals surface area contributed by atoms with Crippen molar-refractivity contribution in [3.63, 3.8) is 0 Å². The van der Waals surface area contributed by atoms with Crippen molar-refractivity contribution in [1.82, 2.24) is 5.32 Å². The van der Waals surface area contributed by atoms with Gasteiger partial charge in [0.1, 0.15) is 6.10 Å². The molecule has 0 saturated carbocycles. The molecule has 0 saturated heterocycles. The van der Waals surface area contributed by atoms with Gasteiger partial charge in [-0.25, -0.2) is 4.21 Å². The minimum atomic E-state index is -1.38. The molecule has 0 spiro atoms. The maximum atomic E-state index is 13.4. The van der Waals surface area contributed by atoms with Crippen LogP contribution in [-0.4, -0.2) is 40.9 Å². The smallest absolute Gasteiger partial charge is 0.178 e. The van der Waals surface area contributed by atoms with Crippen LogP contribution in [0.2, 0.25) is 0 Å². The van der Waals surface area contributed by atoms with Gasteiger partial charge in [0.2, 0.25) is 0 Å². The number of nitrogens with one attached hydrogen (secondary N) is 1. The summed E-state index contributed by atoms with van der Waals surface area (Å²) in [6.07, 6.45) is 2.63. The molecular weight excluding hydrogens is 398 g/mol. The average Bonchev–Trinajstić information content (AvgIpc) is 2.78. The van der Waals surface area contributed by atoms with E-state index in [9.17, 15) is 9.32 Å². The second kappa shape index (κ2) is 11.5. The minimum Gasteiger partial charge on any atom is -0.393 e. The van der Waals surface area contributed by atoms with Crippen LogP contribution >= 0.6 is 0 Å². The van der Waals surface area contributed by atoms with Gasteiger partial charge < -0.3 is 19.9 Å². The summed E-state index contributed by atoms with van der Waals surface area (Å²) >= 11 is 0. The molecule has 1 unspecified atom stereocenters. The lowest BCUT2D eigenvalue weighted by molar-refractivity contribution is -0.188. The summed E-state index contributed by atoms with van der Waals surface area (Å²) in [5, 5.41) is 13.2. The predicted molar refractivity (Wildman–Crippen MR) is 119 cm³/mol. The number of unbranched alkanes of at least 4 members (excludes halogenated alkanes) is 1. The second-order valence-corrected chi connectivity index (χ2v) is 8.94. The maximum absolute atomic E-state index is 13.4. The van der Waals surface area contributed by atoms with Crippen LogP contribution < -0.4 is 5.32 Å². The van der Waals surface area contributed by atoms with E-state index < -0.39 is 23.2 Å². The van der Waals surface area contributed by atoms with Gasteiger partial charge in [0.15, 0.2) is 6.29 Å². The van der Waals surface area contributed by atoms with E-state index in [1.807, 2.05) is 61.5 Å². The molecule has 1 aliphatic rings. The summed E-state index contributed by atoms with van der Waals surface area (Å²) in [6, 6.07) is 17.2. The van der Waals surface area contributed by atoms with E-state index in [1.165, 1.54) is 0 Å². The monoisotopic (exact) mass is 429 g/mol. The topological polar surface area (TPSA) is 67.8 Å². The molecule has 0 amide bonds. The largest absolute Gasteiger partial charge is 0.393 e. The van der Waals surface area contributed by atoms with Gasteiger partial charge in [-0.05, 0) is 43.7 Å². The molecule has 0 fully saturated rings. The van der Waals surface area contributed by atoms with Gasteiger partial charge >= 0.3 is 0 Å². The number of hydrogen-bond donors (Lipinski definition) is 2. The van der Waals surface area contributed by atoms with Gasteiger partial charge in [-0.15, -0.1) is 0 Å². The van der Waals surface area contributed by atoms with Crippen LogP contribution in [0.15, 0.2) is 70.5 Å².